The molecule has 0 aliphatic rings. The molecule has 0 amide bonds. The molecule has 3 nitrogen and oxygen atoms in total. The summed E-state index contributed by atoms with van der Waals surface area (Å²) in [6.45, 7) is 0. The van der Waals surface area contributed by atoms with Crippen LogP contribution in [0.2, 0.25) is 0 Å². The number of aromatic nitrogens is 1. The second-order valence-corrected chi connectivity index (χ2v) is 2.82. The monoisotopic (exact) mass is 242 g/mol. The average Bonchev–Trinajstić information content (AvgIpc) is 2.14. The van der Waals surface area contributed by atoms with Crippen LogP contribution in [0, 0.1) is 0 Å². The summed E-state index contributed by atoms with van der Waals surface area (Å²) in [7, 11) is 0.855. The number of anilines is 1. The highest BCUT2D eigenvalue weighted by atomic mass is 19.4. The standard InChI is InChI=1S/C8H7F5N2O/c1-16-5-3(7(9)10)2-4(14)15-6(5)8(11,12)13/h2,7H,1H3,(H2,14,15). The zero-order chi connectivity index (χ0) is 12.5. The third kappa shape index (κ3) is 2.31. The lowest BCUT2D eigenvalue weighted by molar-refractivity contribution is -0.142. The van der Waals surface area contributed by atoms with E-state index in [9.17, 15) is 22.0 Å². The van der Waals surface area contributed by atoms with Gasteiger partial charge >= 0.3 is 6.18 Å². The minimum atomic E-state index is -4.90. The van der Waals surface area contributed by atoms with Crippen molar-refractivity contribution in [3.8, 4) is 5.75 Å². The maximum absolute atomic E-state index is 12.4. The van der Waals surface area contributed by atoms with Crippen LogP contribution in [0.1, 0.15) is 17.7 Å². The molecule has 1 aromatic rings. The molecule has 0 atom stereocenters. The molecule has 0 aromatic carbocycles. The Bertz CT molecular complexity index is 391. The number of pyridine rings is 1. The lowest BCUT2D eigenvalue weighted by atomic mass is 10.2. The fourth-order valence-corrected chi connectivity index (χ4v) is 1.14. The summed E-state index contributed by atoms with van der Waals surface area (Å²) in [6, 6.07) is 0.652. The van der Waals surface area contributed by atoms with Crippen molar-refractivity contribution in [2.75, 3.05) is 12.8 Å². The third-order valence-corrected chi connectivity index (χ3v) is 1.73. The van der Waals surface area contributed by atoms with Gasteiger partial charge < -0.3 is 10.5 Å². The number of nitrogens with two attached hydrogens (primary N) is 1. The molecule has 8 heteroatoms. The molecule has 0 fully saturated rings. The van der Waals surface area contributed by atoms with Gasteiger partial charge in [-0.25, -0.2) is 13.8 Å². The summed E-state index contributed by atoms with van der Waals surface area (Å²) in [4.78, 5) is 2.95. The number of nitrogen functional groups attached to an aromatic ring is 1. The zero-order valence-electron chi connectivity index (χ0n) is 7.98. The van der Waals surface area contributed by atoms with E-state index in [1.807, 2.05) is 0 Å². The first-order valence-electron chi connectivity index (χ1n) is 3.97. The number of hydrogen-bond donors (Lipinski definition) is 1. The molecule has 1 heterocycles. The van der Waals surface area contributed by atoms with E-state index >= 15 is 0 Å². The van der Waals surface area contributed by atoms with Crippen molar-refractivity contribution in [3.63, 3.8) is 0 Å². The second-order valence-electron chi connectivity index (χ2n) is 2.82. The third-order valence-electron chi connectivity index (χ3n) is 1.73. The SMILES string of the molecule is COc1c(C(F)F)cc(N)nc1C(F)(F)F. The molecule has 90 valence electrons. The summed E-state index contributed by atoms with van der Waals surface area (Å²) in [6.07, 6.45) is -8.02. The largest absolute Gasteiger partial charge is 0.494 e. The van der Waals surface area contributed by atoms with Crippen LogP contribution in [0.15, 0.2) is 6.07 Å². The second kappa shape index (κ2) is 4.11. The lowest BCUT2D eigenvalue weighted by Crippen LogP contribution is -2.13. The predicted octanol–water partition coefficient (Wildman–Crippen LogP) is 2.63. The Morgan fingerprint density at radius 3 is 2.31 bits per heavy atom. The highest BCUT2D eigenvalue weighted by Gasteiger charge is 2.39. The maximum atomic E-state index is 12.4. The summed E-state index contributed by atoms with van der Waals surface area (Å²) in [5, 5.41) is 0. The quantitative estimate of drug-likeness (QED) is 0.811. The van der Waals surface area contributed by atoms with Gasteiger partial charge in [-0.1, -0.05) is 0 Å². The zero-order valence-corrected chi connectivity index (χ0v) is 7.98. The Hall–Kier alpha value is -1.60. The minimum Gasteiger partial charge on any atom is -0.494 e. The Labute approximate surface area is 87.0 Å². The van der Waals surface area contributed by atoms with Gasteiger partial charge in [0, 0.05) is 0 Å². The van der Waals surface area contributed by atoms with E-state index in [-0.39, 0.29) is 0 Å². The first-order valence-corrected chi connectivity index (χ1v) is 3.97. The number of rotatable bonds is 2. The maximum Gasteiger partial charge on any atom is 0.437 e. The van der Waals surface area contributed by atoms with Crippen LogP contribution in [0.4, 0.5) is 27.8 Å². The van der Waals surface area contributed by atoms with Crippen LogP contribution >= 0.6 is 0 Å². The molecule has 0 aliphatic heterocycles. The van der Waals surface area contributed by atoms with Gasteiger partial charge in [0.1, 0.15) is 5.82 Å². The Morgan fingerprint density at radius 2 is 1.94 bits per heavy atom. The van der Waals surface area contributed by atoms with Crippen molar-refractivity contribution in [1.29, 1.82) is 0 Å². The van der Waals surface area contributed by atoms with Crippen LogP contribution in [-0.4, -0.2) is 12.1 Å². The van der Waals surface area contributed by atoms with E-state index in [1.54, 1.807) is 0 Å². The summed E-state index contributed by atoms with van der Waals surface area (Å²) < 4.78 is 66.4. The van der Waals surface area contributed by atoms with Crippen molar-refractivity contribution in [3.05, 3.63) is 17.3 Å². The molecular formula is C8H7F5N2O. The molecule has 0 radical (unpaired) electrons. The van der Waals surface area contributed by atoms with Gasteiger partial charge in [0.15, 0.2) is 11.4 Å². The normalized spacial score (nSPS) is 11.9. The van der Waals surface area contributed by atoms with Gasteiger partial charge in [-0.3, -0.25) is 0 Å². The molecule has 1 rings (SSSR count). The van der Waals surface area contributed by atoms with Crippen molar-refractivity contribution < 1.29 is 26.7 Å². The van der Waals surface area contributed by atoms with E-state index in [4.69, 9.17) is 5.73 Å². The Balaban J connectivity index is 3.49. The molecule has 0 bridgehead atoms. The van der Waals surface area contributed by atoms with Crippen molar-refractivity contribution in [1.82, 2.24) is 4.98 Å². The number of halogens is 5. The van der Waals surface area contributed by atoms with Crippen LogP contribution < -0.4 is 10.5 Å². The van der Waals surface area contributed by atoms with Crippen LogP contribution in [0.5, 0.6) is 5.75 Å². The van der Waals surface area contributed by atoms with Gasteiger partial charge in [0.05, 0.1) is 12.7 Å². The van der Waals surface area contributed by atoms with E-state index in [2.05, 4.69) is 9.72 Å². The molecule has 1 aromatic heterocycles. The number of nitrogens with zero attached hydrogens (tertiary/aromatic N) is 1. The minimum absolute atomic E-state index is 0.636. The van der Waals surface area contributed by atoms with Gasteiger partial charge in [-0.15, -0.1) is 0 Å². The van der Waals surface area contributed by atoms with E-state index in [0.29, 0.717) is 6.07 Å². The van der Waals surface area contributed by atoms with Crippen LogP contribution in [0.3, 0.4) is 0 Å². The fourth-order valence-electron chi connectivity index (χ4n) is 1.14. The molecule has 0 aliphatic carbocycles. The number of hydrogen-bond acceptors (Lipinski definition) is 3. The molecule has 0 saturated heterocycles. The number of methoxy groups -OCH3 is 1. The van der Waals surface area contributed by atoms with Crippen molar-refractivity contribution in [2.45, 2.75) is 12.6 Å². The van der Waals surface area contributed by atoms with Crippen molar-refractivity contribution >= 4 is 5.82 Å². The van der Waals surface area contributed by atoms with E-state index in [1.165, 1.54) is 0 Å². The number of alkyl halides is 5. The topological polar surface area (TPSA) is 48.1 Å². The summed E-state index contributed by atoms with van der Waals surface area (Å²) in [5.41, 5.74) is 2.54. The van der Waals surface area contributed by atoms with Gasteiger partial charge in [-0.2, -0.15) is 13.2 Å². The summed E-state index contributed by atoms with van der Waals surface area (Å²) >= 11 is 0. The van der Waals surface area contributed by atoms with Gasteiger partial charge in [-0.05, 0) is 6.07 Å². The van der Waals surface area contributed by atoms with E-state index in [0.717, 1.165) is 7.11 Å². The predicted molar refractivity (Wildman–Crippen MR) is 45.2 cm³/mol. The molecule has 0 unspecified atom stereocenters. The highest BCUT2D eigenvalue weighted by molar-refractivity contribution is 5.47. The molecule has 0 saturated carbocycles. The molecule has 0 spiro atoms. The molecule has 2 N–H and O–H groups in total. The smallest absolute Gasteiger partial charge is 0.437 e. The molecular weight excluding hydrogens is 235 g/mol. The van der Waals surface area contributed by atoms with Gasteiger partial charge in [0.2, 0.25) is 0 Å². The highest BCUT2D eigenvalue weighted by Crippen LogP contribution is 2.40. The van der Waals surface area contributed by atoms with Crippen LogP contribution in [0.25, 0.3) is 0 Å². The van der Waals surface area contributed by atoms with E-state index < -0.39 is 35.4 Å². The van der Waals surface area contributed by atoms with Crippen LogP contribution in [-0.2, 0) is 6.18 Å². The fraction of sp³-hybridized carbons (Fsp3) is 0.375. The Morgan fingerprint density at radius 1 is 1.38 bits per heavy atom. The van der Waals surface area contributed by atoms with Crippen molar-refractivity contribution in [2.24, 2.45) is 0 Å². The molecule has 16 heavy (non-hydrogen) atoms. The first-order chi connectivity index (χ1) is 7.27. The Kier molecular flexibility index (Phi) is 3.20. The van der Waals surface area contributed by atoms with Gasteiger partial charge in [0.25, 0.3) is 6.43 Å². The lowest BCUT2D eigenvalue weighted by Gasteiger charge is -2.15. The summed E-state index contributed by atoms with van der Waals surface area (Å²) in [5.74, 6) is -1.64. The number of ether oxygens (including phenoxy) is 1. The average molecular weight is 242 g/mol. The first kappa shape index (κ1) is 12.5.